The van der Waals surface area contributed by atoms with Crippen LogP contribution in [0.3, 0.4) is 0 Å². The van der Waals surface area contributed by atoms with E-state index in [4.69, 9.17) is 14.7 Å². The number of hydrogen-bond acceptors (Lipinski definition) is 9. The summed E-state index contributed by atoms with van der Waals surface area (Å²) in [5, 5.41) is 13.2. The Morgan fingerprint density at radius 1 is 1.23 bits per heavy atom. The highest BCUT2D eigenvalue weighted by atomic mass is 32.2. The lowest BCUT2D eigenvalue weighted by Crippen LogP contribution is -2.44. The maximum atomic E-state index is 13.9. The Balaban J connectivity index is 1.90. The fourth-order valence-electron chi connectivity index (χ4n) is 3.87. The summed E-state index contributed by atoms with van der Waals surface area (Å²) in [5.74, 6) is 6.14. The first-order valence-corrected chi connectivity index (χ1v) is 12.1. The number of piperazine rings is 1. The number of methoxy groups -OCH3 is 1. The molecule has 0 amide bonds. The minimum Gasteiger partial charge on any atom is -0.468 e. The molecule has 2 aromatic heterocycles. The average molecular weight is 492 g/mol. The van der Waals surface area contributed by atoms with Crippen LogP contribution in [-0.4, -0.2) is 64.1 Å². The van der Waals surface area contributed by atoms with Gasteiger partial charge in [-0.25, -0.2) is 4.98 Å². The van der Waals surface area contributed by atoms with Crippen molar-refractivity contribution < 1.29 is 9.53 Å². The van der Waals surface area contributed by atoms with Crippen LogP contribution in [0.1, 0.15) is 18.1 Å². The third kappa shape index (κ3) is 5.16. The van der Waals surface area contributed by atoms with Crippen LogP contribution in [0.4, 0.5) is 5.95 Å². The summed E-state index contributed by atoms with van der Waals surface area (Å²) in [6, 6.07) is 9.27. The van der Waals surface area contributed by atoms with Gasteiger partial charge in [-0.1, -0.05) is 35.9 Å². The molecule has 0 spiro atoms. The number of rotatable bonds is 7. The van der Waals surface area contributed by atoms with Gasteiger partial charge in [-0.3, -0.25) is 18.7 Å². The summed E-state index contributed by atoms with van der Waals surface area (Å²) in [6.45, 7) is 5.29. The lowest BCUT2D eigenvalue weighted by Gasteiger charge is -2.28. The molecule has 0 bridgehead atoms. The normalized spacial score (nSPS) is 13.2. The van der Waals surface area contributed by atoms with E-state index in [2.05, 4.69) is 28.1 Å². The lowest BCUT2D eigenvalue weighted by atomic mass is 10.1. The molecular formula is C24H25N7O3S. The van der Waals surface area contributed by atoms with Crippen LogP contribution >= 0.6 is 11.8 Å². The molecule has 0 aliphatic carbocycles. The number of ether oxygens (including phenoxy) is 1. The second-order valence-electron chi connectivity index (χ2n) is 7.75. The molecule has 1 N–H and O–H groups in total. The van der Waals surface area contributed by atoms with Crippen LogP contribution in [0.25, 0.3) is 11.2 Å². The number of nitriles is 1. The van der Waals surface area contributed by atoms with Gasteiger partial charge in [0.1, 0.15) is 0 Å². The van der Waals surface area contributed by atoms with Gasteiger partial charge < -0.3 is 15.0 Å². The standard InChI is InChI=1S/C24H25N7O3S/c1-3-4-11-30-20-21(27-23(30)29-12-9-26-10-13-29)28-24(35-16-19(32)34-2)31(22(20)33)15-18-8-6-5-7-17(18)14-25/h5-8,26H,9-13,15-16H2,1-2H3. The average Bonchev–Trinajstić information content (AvgIpc) is 3.27. The third-order valence-corrected chi connectivity index (χ3v) is 6.59. The first-order valence-electron chi connectivity index (χ1n) is 11.1. The molecule has 1 fully saturated rings. The number of carbonyl (C=O) groups excluding carboxylic acids is 1. The number of fused-ring (bicyclic) bond motifs is 1. The van der Waals surface area contributed by atoms with Crippen molar-refractivity contribution in [1.82, 2.24) is 24.4 Å². The van der Waals surface area contributed by atoms with Crippen molar-refractivity contribution in [3.63, 3.8) is 0 Å². The number of carbonyl (C=O) groups is 1. The Labute approximate surface area is 206 Å². The Hall–Kier alpha value is -3.80. The quantitative estimate of drug-likeness (QED) is 0.225. The van der Waals surface area contributed by atoms with Crippen molar-refractivity contribution in [1.29, 1.82) is 5.26 Å². The smallest absolute Gasteiger partial charge is 0.316 e. The molecule has 3 aromatic rings. The summed E-state index contributed by atoms with van der Waals surface area (Å²) in [4.78, 5) is 37.3. The molecule has 3 heterocycles. The van der Waals surface area contributed by atoms with Crippen LogP contribution < -0.4 is 15.8 Å². The zero-order valence-corrected chi connectivity index (χ0v) is 20.4. The number of nitrogens with zero attached hydrogens (tertiary/aromatic N) is 6. The molecule has 1 saturated heterocycles. The Morgan fingerprint density at radius 3 is 2.71 bits per heavy atom. The first-order chi connectivity index (χ1) is 17.1. The van der Waals surface area contributed by atoms with Crippen molar-refractivity contribution in [3.05, 3.63) is 45.7 Å². The molecule has 11 heteroatoms. The van der Waals surface area contributed by atoms with Crippen molar-refractivity contribution in [2.75, 3.05) is 43.9 Å². The van der Waals surface area contributed by atoms with E-state index in [1.807, 2.05) is 10.6 Å². The van der Waals surface area contributed by atoms with Crippen LogP contribution in [0, 0.1) is 23.2 Å². The number of anilines is 1. The van der Waals surface area contributed by atoms with Gasteiger partial charge in [0.2, 0.25) is 5.95 Å². The van der Waals surface area contributed by atoms with E-state index < -0.39 is 5.97 Å². The number of esters is 1. The third-order valence-electron chi connectivity index (χ3n) is 5.64. The maximum Gasteiger partial charge on any atom is 0.316 e. The monoisotopic (exact) mass is 491 g/mol. The van der Waals surface area contributed by atoms with Crippen LogP contribution in [0.15, 0.2) is 34.2 Å². The van der Waals surface area contributed by atoms with E-state index in [-0.39, 0.29) is 17.9 Å². The molecule has 0 unspecified atom stereocenters. The second kappa shape index (κ2) is 11.1. The van der Waals surface area contributed by atoms with Gasteiger partial charge in [0.25, 0.3) is 5.56 Å². The molecule has 1 aromatic carbocycles. The first kappa shape index (κ1) is 24.3. The number of hydrogen-bond donors (Lipinski definition) is 1. The van der Waals surface area contributed by atoms with Gasteiger partial charge in [0, 0.05) is 26.2 Å². The SMILES string of the molecule is CC#CCn1c(N2CCNCC2)nc2nc(SCC(=O)OC)n(Cc3ccccc3C#N)c(=O)c21. The van der Waals surface area contributed by atoms with Gasteiger partial charge in [-0.15, -0.1) is 5.92 Å². The zero-order chi connectivity index (χ0) is 24.8. The predicted molar refractivity (Wildman–Crippen MR) is 133 cm³/mol. The van der Waals surface area contributed by atoms with E-state index >= 15 is 0 Å². The van der Waals surface area contributed by atoms with Crippen LogP contribution in [-0.2, 0) is 22.6 Å². The Bertz CT molecular complexity index is 1400. The fourth-order valence-corrected chi connectivity index (χ4v) is 4.69. The molecule has 180 valence electrons. The maximum absolute atomic E-state index is 13.9. The highest BCUT2D eigenvalue weighted by Gasteiger charge is 2.24. The van der Waals surface area contributed by atoms with E-state index in [1.165, 1.54) is 11.7 Å². The van der Waals surface area contributed by atoms with Gasteiger partial charge in [-0.2, -0.15) is 10.2 Å². The summed E-state index contributed by atoms with van der Waals surface area (Å²) in [6.07, 6.45) is 0. The van der Waals surface area contributed by atoms with Crippen molar-refractivity contribution in [2.45, 2.75) is 25.2 Å². The number of aromatic nitrogens is 4. The number of imidazole rings is 1. The Kier molecular flexibility index (Phi) is 7.70. The zero-order valence-electron chi connectivity index (χ0n) is 19.6. The highest BCUT2D eigenvalue weighted by Crippen LogP contribution is 2.24. The molecule has 35 heavy (non-hydrogen) atoms. The van der Waals surface area contributed by atoms with Crippen LogP contribution in [0.5, 0.6) is 0 Å². The molecule has 1 aliphatic heterocycles. The van der Waals surface area contributed by atoms with Gasteiger partial charge >= 0.3 is 5.97 Å². The summed E-state index contributed by atoms with van der Waals surface area (Å²) in [7, 11) is 1.31. The predicted octanol–water partition coefficient (Wildman–Crippen LogP) is 1.21. The van der Waals surface area contributed by atoms with Gasteiger partial charge in [-0.05, 0) is 18.6 Å². The lowest BCUT2D eigenvalue weighted by molar-refractivity contribution is -0.137. The topological polar surface area (TPSA) is 118 Å². The highest BCUT2D eigenvalue weighted by molar-refractivity contribution is 7.99. The van der Waals surface area contributed by atoms with E-state index in [9.17, 15) is 14.9 Å². The molecule has 0 atom stereocenters. The van der Waals surface area contributed by atoms with Crippen LogP contribution in [0.2, 0.25) is 0 Å². The van der Waals surface area contributed by atoms with E-state index in [0.717, 1.165) is 37.9 Å². The minimum atomic E-state index is -0.432. The number of nitrogens with one attached hydrogen (secondary N) is 1. The molecule has 0 saturated carbocycles. The second-order valence-corrected chi connectivity index (χ2v) is 8.70. The van der Waals surface area contributed by atoms with E-state index in [0.29, 0.717) is 39.9 Å². The van der Waals surface area contributed by atoms with Gasteiger partial charge in [0.15, 0.2) is 16.3 Å². The minimum absolute atomic E-state index is 0.0129. The van der Waals surface area contributed by atoms with Crippen molar-refractivity contribution >= 4 is 34.8 Å². The van der Waals surface area contributed by atoms with Crippen molar-refractivity contribution in [2.24, 2.45) is 0 Å². The van der Waals surface area contributed by atoms with Crippen molar-refractivity contribution in [3.8, 4) is 17.9 Å². The molecular weight excluding hydrogens is 466 g/mol. The Morgan fingerprint density at radius 2 is 2.00 bits per heavy atom. The summed E-state index contributed by atoms with van der Waals surface area (Å²) in [5.41, 5.74) is 1.49. The largest absolute Gasteiger partial charge is 0.468 e. The van der Waals surface area contributed by atoms with Gasteiger partial charge in [0.05, 0.1) is 37.6 Å². The fraction of sp³-hybridized carbons (Fsp3) is 0.375. The molecule has 10 nitrogen and oxygen atoms in total. The summed E-state index contributed by atoms with van der Waals surface area (Å²) < 4.78 is 8.07. The molecule has 4 rings (SSSR count). The summed E-state index contributed by atoms with van der Waals surface area (Å²) >= 11 is 1.10. The molecule has 1 aliphatic rings. The number of benzene rings is 1. The number of thioether (sulfide) groups is 1. The molecule has 0 radical (unpaired) electrons. The van der Waals surface area contributed by atoms with E-state index in [1.54, 1.807) is 25.1 Å².